The van der Waals surface area contributed by atoms with Gasteiger partial charge in [-0.3, -0.25) is 14.7 Å². The number of nitrogens with zero attached hydrogens (tertiary/aromatic N) is 2. The molecule has 3 N–H and O–H groups in total. The lowest BCUT2D eigenvalue weighted by Crippen LogP contribution is -2.43. The molecule has 0 radical (unpaired) electrons. The van der Waals surface area contributed by atoms with E-state index in [1.807, 2.05) is 37.4 Å². The highest BCUT2D eigenvalue weighted by atomic mass is 16.5. The van der Waals surface area contributed by atoms with Crippen LogP contribution in [0.15, 0.2) is 41.3 Å². The fraction of sp³-hybridized carbons (Fsp3) is 0.273. The van der Waals surface area contributed by atoms with Gasteiger partial charge < -0.3 is 15.0 Å². The van der Waals surface area contributed by atoms with Crippen molar-refractivity contribution in [1.29, 1.82) is 0 Å². The van der Waals surface area contributed by atoms with Gasteiger partial charge in [-0.25, -0.2) is 14.3 Å². The number of fused-ring (bicyclic) bond motifs is 2. The standard InChI is InChI=1S/C22H23N5O4/c1-12-16(13(2)27-19(24-12)10-21(29)26-27)9-20(28)25-18(22(30)31-3)8-14-11-23-17-7-5-4-6-15(14)17/h4-7,10-11,18,23H,8-9H2,1-3H3,(H,25,28)(H,26,29)/t18-/m1/s1. The number of aryl methyl sites for hydroxylation is 2. The lowest BCUT2D eigenvalue weighted by atomic mass is 10.0. The molecule has 3 aromatic heterocycles. The number of H-pyrrole nitrogens is 2. The molecule has 1 aromatic carbocycles. The van der Waals surface area contributed by atoms with Crippen LogP contribution in [0.4, 0.5) is 0 Å². The van der Waals surface area contributed by atoms with E-state index in [0.29, 0.717) is 29.0 Å². The molecule has 3 heterocycles. The quantitative estimate of drug-likeness (QED) is 0.408. The van der Waals surface area contributed by atoms with Crippen molar-refractivity contribution < 1.29 is 14.3 Å². The van der Waals surface area contributed by atoms with Crippen LogP contribution in [0.1, 0.15) is 22.5 Å². The van der Waals surface area contributed by atoms with E-state index in [0.717, 1.165) is 16.5 Å². The van der Waals surface area contributed by atoms with E-state index in [2.05, 4.69) is 20.4 Å². The number of carbonyl (C=O) groups excluding carboxylic acids is 2. The second kappa shape index (κ2) is 8.10. The monoisotopic (exact) mass is 421 g/mol. The molecule has 1 atom stereocenters. The summed E-state index contributed by atoms with van der Waals surface area (Å²) >= 11 is 0. The molecule has 0 saturated heterocycles. The van der Waals surface area contributed by atoms with Crippen molar-refractivity contribution in [2.75, 3.05) is 7.11 Å². The molecule has 0 bridgehead atoms. The number of hydrogen-bond acceptors (Lipinski definition) is 5. The summed E-state index contributed by atoms with van der Waals surface area (Å²) in [6.07, 6.45) is 2.14. The number of ether oxygens (including phenoxy) is 1. The van der Waals surface area contributed by atoms with Gasteiger partial charge in [0.2, 0.25) is 5.91 Å². The normalized spacial score (nSPS) is 12.2. The number of methoxy groups -OCH3 is 1. The van der Waals surface area contributed by atoms with E-state index >= 15 is 0 Å². The Morgan fingerprint density at radius 2 is 2.03 bits per heavy atom. The number of aromatic amines is 2. The number of esters is 1. The van der Waals surface area contributed by atoms with Crippen molar-refractivity contribution in [3.63, 3.8) is 0 Å². The van der Waals surface area contributed by atoms with Gasteiger partial charge in [0, 0.05) is 46.5 Å². The molecule has 0 saturated carbocycles. The molecule has 9 heteroatoms. The fourth-order valence-electron chi connectivity index (χ4n) is 3.87. The van der Waals surface area contributed by atoms with Crippen LogP contribution in [0.2, 0.25) is 0 Å². The minimum absolute atomic E-state index is 0.0161. The molecule has 31 heavy (non-hydrogen) atoms. The number of benzene rings is 1. The highest BCUT2D eigenvalue weighted by molar-refractivity contribution is 5.88. The highest BCUT2D eigenvalue weighted by Gasteiger charge is 2.24. The predicted octanol–water partition coefficient (Wildman–Crippen LogP) is 1.56. The van der Waals surface area contributed by atoms with Gasteiger partial charge in [-0.15, -0.1) is 0 Å². The second-order valence-electron chi connectivity index (χ2n) is 7.46. The first-order valence-electron chi connectivity index (χ1n) is 9.87. The first-order chi connectivity index (χ1) is 14.9. The molecule has 0 aliphatic carbocycles. The Labute approximate surface area is 177 Å². The molecule has 0 aliphatic rings. The third-order valence-electron chi connectivity index (χ3n) is 5.46. The molecule has 0 unspecified atom stereocenters. The molecule has 4 aromatic rings. The molecule has 0 aliphatic heterocycles. The second-order valence-corrected chi connectivity index (χ2v) is 7.46. The van der Waals surface area contributed by atoms with Gasteiger partial charge in [-0.05, 0) is 25.5 Å². The van der Waals surface area contributed by atoms with E-state index in [9.17, 15) is 14.4 Å². The van der Waals surface area contributed by atoms with Crippen LogP contribution in [-0.4, -0.2) is 44.6 Å². The minimum atomic E-state index is -0.833. The third-order valence-corrected chi connectivity index (χ3v) is 5.46. The Morgan fingerprint density at radius 1 is 1.26 bits per heavy atom. The van der Waals surface area contributed by atoms with Crippen LogP contribution >= 0.6 is 0 Å². The van der Waals surface area contributed by atoms with Crippen LogP contribution in [-0.2, 0) is 27.2 Å². The number of nitrogens with one attached hydrogen (secondary N) is 3. The zero-order valence-corrected chi connectivity index (χ0v) is 17.5. The maximum absolute atomic E-state index is 12.8. The van der Waals surface area contributed by atoms with Gasteiger partial charge in [0.05, 0.1) is 13.5 Å². The van der Waals surface area contributed by atoms with E-state index in [-0.39, 0.29) is 17.9 Å². The first-order valence-corrected chi connectivity index (χ1v) is 9.87. The molecule has 1 amide bonds. The van der Waals surface area contributed by atoms with Crippen molar-refractivity contribution >= 4 is 28.4 Å². The van der Waals surface area contributed by atoms with Crippen molar-refractivity contribution in [2.45, 2.75) is 32.7 Å². The first kappa shape index (κ1) is 20.4. The molecule has 0 spiro atoms. The summed E-state index contributed by atoms with van der Waals surface area (Å²) in [5.41, 5.74) is 4.15. The summed E-state index contributed by atoms with van der Waals surface area (Å²) in [6, 6.07) is 8.33. The van der Waals surface area contributed by atoms with Gasteiger partial charge in [0.15, 0.2) is 5.65 Å². The minimum Gasteiger partial charge on any atom is -0.467 e. The van der Waals surface area contributed by atoms with Gasteiger partial charge in [-0.2, -0.15) is 0 Å². The zero-order chi connectivity index (χ0) is 22.1. The lowest BCUT2D eigenvalue weighted by Gasteiger charge is -2.17. The largest absolute Gasteiger partial charge is 0.467 e. The smallest absolute Gasteiger partial charge is 0.328 e. The Kier molecular flexibility index (Phi) is 5.33. The predicted molar refractivity (Wildman–Crippen MR) is 115 cm³/mol. The van der Waals surface area contributed by atoms with Crippen LogP contribution in [0.5, 0.6) is 0 Å². The summed E-state index contributed by atoms with van der Waals surface area (Å²) in [6.45, 7) is 3.60. The molecule has 160 valence electrons. The summed E-state index contributed by atoms with van der Waals surface area (Å²) in [5.74, 6) is -0.854. The van der Waals surface area contributed by atoms with Crippen LogP contribution in [0, 0.1) is 13.8 Å². The summed E-state index contributed by atoms with van der Waals surface area (Å²) in [5, 5.41) is 6.45. The number of hydrogen-bond donors (Lipinski definition) is 3. The van der Waals surface area contributed by atoms with E-state index < -0.39 is 12.0 Å². The van der Waals surface area contributed by atoms with Gasteiger partial charge in [0.1, 0.15) is 6.04 Å². The summed E-state index contributed by atoms with van der Waals surface area (Å²) < 4.78 is 6.47. The average molecular weight is 421 g/mol. The third kappa shape index (κ3) is 3.94. The number of aromatic nitrogens is 4. The maximum atomic E-state index is 12.8. The zero-order valence-electron chi connectivity index (χ0n) is 17.5. The van der Waals surface area contributed by atoms with E-state index in [4.69, 9.17) is 4.74 Å². The van der Waals surface area contributed by atoms with Gasteiger partial charge in [-0.1, -0.05) is 18.2 Å². The number of carbonyl (C=O) groups is 2. The number of amides is 1. The van der Waals surface area contributed by atoms with Crippen LogP contribution < -0.4 is 10.9 Å². The Balaban J connectivity index is 1.56. The van der Waals surface area contributed by atoms with Crippen LogP contribution in [0.3, 0.4) is 0 Å². The SMILES string of the molecule is COC(=O)[C@@H](Cc1c[nH]c2ccccc12)NC(=O)Cc1c(C)nc2cc(=O)[nH]n2c1C. The van der Waals surface area contributed by atoms with Crippen molar-refractivity contribution in [1.82, 2.24) is 24.9 Å². The lowest BCUT2D eigenvalue weighted by molar-refractivity contribution is -0.145. The van der Waals surface area contributed by atoms with Gasteiger partial charge >= 0.3 is 5.97 Å². The van der Waals surface area contributed by atoms with Gasteiger partial charge in [0.25, 0.3) is 5.56 Å². The topological polar surface area (TPSA) is 121 Å². The van der Waals surface area contributed by atoms with Crippen molar-refractivity contribution in [2.24, 2.45) is 0 Å². The molecular formula is C22H23N5O4. The fourth-order valence-corrected chi connectivity index (χ4v) is 3.87. The van der Waals surface area contributed by atoms with Crippen molar-refractivity contribution in [3.8, 4) is 0 Å². The Hall–Kier alpha value is -3.88. The van der Waals surface area contributed by atoms with Crippen molar-refractivity contribution in [3.05, 3.63) is 69.4 Å². The highest BCUT2D eigenvalue weighted by Crippen LogP contribution is 2.20. The Bertz CT molecular complexity index is 1350. The summed E-state index contributed by atoms with van der Waals surface area (Å²) in [7, 11) is 1.30. The van der Waals surface area contributed by atoms with E-state index in [1.165, 1.54) is 13.2 Å². The Morgan fingerprint density at radius 3 is 2.81 bits per heavy atom. The van der Waals surface area contributed by atoms with Crippen LogP contribution in [0.25, 0.3) is 16.6 Å². The average Bonchev–Trinajstić information content (AvgIpc) is 3.33. The molecule has 9 nitrogen and oxygen atoms in total. The maximum Gasteiger partial charge on any atom is 0.328 e. The molecule has 4 rings (SSSR count). The number of rotatable bonds is 6. The molecule has 0 fully saturated rings. The summed E-state index contributed by atoms with van der Waals surface area (Å²) in [4.78, 5) is 44.4. The van der Waals surface area contributed by atoms with E-state index in [1.54, 1.807) is 11.4 Å². The number of para-hydroxylation sites is 1. The molecular weight excluding hydrogens is 398 g/mol.